The Balaban J connectivity index is 1.57. The zero-order valence-corrected chi connectivity index (χ0v) is 15.3. The Kier molecular flexibility index (Phi) is 5.07. The molecule has 0 saturated heterocycles. The number of amides is 1. The van der Waals surface area contributed by atoms with Gasteiger partial charge in [0.05, 0.1) is 12.0 Å². The van der Waals surface area contributed by atoms with Crippen LogP contribution in [-0.2, 0) is 6.42 Å². The molecule has 4 rings (SSSR count). The SMILES string of the molecule is O=C(NCCc1ccccn1)c1sc(-c2ccco2)nc1-c1ccccc1. The van der Waals surface area contributed by atoms with Crippen LogP contribution in [0.3, 0.4) is 0 Å². The van der Waals surface area contributed by atoms with Crippen LogP contribution in [0.5, 0.6) is 0 Å². The number of aromatic nitrogens is 2. The van der Waals surface area contributed by atoms with Crippen molar-refractivity contribution in [3.8, 4) is 22.0 Å². The average Bonchev–Trinajstić information content (AvgIpc) is 3.39. The number of hydrogen-bond donors (Lipinski definition) is 1. The minimum Gasteiger partial charge on any atom is -0.462 e. The molecule has 0 saturated carbocycles. The maximum absolute atomic E-state index is 12.8. The van der Waals surface area contributed by atoms with Crippen LogP contribution in [0, 0.1) is 0 Å². The molecular formula is C21H17N3O2S. The number of pyridine rings is 1. The predicted octanol–water partition coefficient (Wildman–Crippen LogP) is 4.44. The molecule has 3 aromatic heterocycles. The first-order valence-corrected chi connectivity index (χ1v) is 9.41. The van der Waals surface area contributed by atoms with Crippen LogP contribution < -0.4 is 5.32 Å². The van der Waals surface area contributed by atoms with E-state index in [4.69, 9.17) is 4.42 Å². The van der Waals surface area contributed by atoms with Crippen LogP contribution in [-0.4, -0.2) is 22.4 Å². The molecule has 5 nitrogen and oxygen atoms in total. The second-order valence-corrected chi connectivity index (χ2v) is 6.87. The molecule has 0 aliphatic heterocycles. The van der Waals surface area contributed by atoms with Gasteiger partial charge in [-0.3, -0.25) is 9.78 Å². The molecule has 6 heteroatoms. The van der Waals surface area contributed by atoms with Gasteiger partial charge in [0.1, 0.15) is 4.88 Å². The monoisotopic (exact) mass is 375 g/mol. The minimum absolute atomic E-state index is 0.139. The van der Waals surface area contributed by atoms with Crippen molar-refractivity contribution in [1.82, 2.24) is 15.3 Å². The Morgan fingerprint density at radius 2 is 1.89 bits per heavy atom. The molecule has 27 heavy (non-hydrogen) atoms. The standard InChI is InChI=1S/C21H17N3O2S/c25-20(23-13-11-16-9-4-5-12-22-16)19-18(15-7-2-1-3-8-15)24-21(27-19)17-10-6-14-26-17/h1-10,12,14H,11,13H2,(H,23,25). The van der Waals surface area contributed by atoms with Gasteiger partial charge in [-0.15, -0.1) is 11.3 Å². The number of carbonyl (C=O) groups excluding carboxylic acids is 1. The summed E-state index contributed by atoms with van der Waals surface area (Å²) in [4.78, 5) is 22.3. The third kappa shape index (κ3) is 3.96. The molecule has 1 amide bonds. The highest BCUT2D eigenvalue weighted by Gasteiger charge is 2.21. The summed E-state index contributed by atoms with van der Waals surface area (Å²) in [5.41, 5.74) is 2.52. The molecule has 0 spiro atoms. The Hall–Kier alpha value is -3.25. The summed E-state index contributed by atoms with van der Waals surface area (Å²) >= 11 is 1.33. The van der Waals surface area contributed by atoms with E-state index in [1.165, 1.54) is 11.3 Å². The first-order chi connectivity index (χ1) is 13.3. The van der Waals surface area contributed by atoms with Crippen LogP contribution in [0.2, 0.25) is 0 Å². The topological polar surface area (TPSA) is 68.0 Å². The van der Waals surface area contributed by atoms with Gasteiger partial charge in [-0.25, -0.2) is 4.98 Å². The van der Waals surface area contributed by atoms with E-state index in [2.05, 4.69) is 15.3 Å². The summed E-state index contributed by atoms with van der Waals surface area (Å²) < 4.78 is 5.45. The first kappa shape index (κ1) is 17.2. The molecule has 3 heterocycles. The Morgan fingerprint density at radius 3 is 2.63 bits per heavy atom. The average molecular weight is 375 g/mol. The molecule has 0 atom stereocenters. The number of nitrogens with zero attached hydrogens (tertiary/aromatic N) is 2. The number of benzene rings is 1. The molecular weight excluding hydrogens is 358 g/mol. The molecule has 0 radical (unpaired) electrons. The smallest absolute Gasteiger partial charge is 0.263 e. The third-order valence-corrected chi connectivity index (χ3v) is 5.07. The summed E-state index contributed by atoms with van der Waals surface area (Å²) in [6, 6.07) is 19.1. The summed E-state index contributed by atoms with van der Waals surface area (Å²) in [5.74, 6) is 0.518. The van der Waals surface area contributed by atoms with Gasteiger partial charge in [-0.2, -0.15) is 0 Å². The van der Waals surface area contributed by atoms with E-state index >= 15 is 0 Å². The van der Waals surface area contributed by atoms with E-state index < -0.39 is 0 Å². The normalized spacial score (nSPS) is 10.7. The largest absolute Gasteiger partial charge is 0.462 e. The maximum Gasteiger partial charge on any atom is 0.263 e. The van der Waals surface area contributed by atoms with Gasteiger partial charge in [0.2, 0.25) is 0 Å². The number of hydrogen-bond acceptors (Lipinski definition) is 5. The number of carbonyl (C=O) groups is 1. The molecule has 0 fully saturated rings. The number of furan rings is 1. The lowest BCUT2D eigenvalue weighted by molar-refractivity contribution is 0.0958. The summed E-state index contributed by atoms with van der Waals surface area (Å²) in [5, 5.41) is 3.67. The highest BCUT2D eigenvalue weighted by Crippen LogP contribution is 2.34. The van der Waals surface area contributed by atoms with Crippen molar-refractivity contribution in [3.05, 3.63) is 83.7 Å². The van der Waals surface area contributed by atoms with Gasteiger partial charge in [0.15, 0.2) is 10.8 Å². The van der Waals surface area contributed by atoms with Crippen molar-refractivity contribution in [3.63, 3.8) is 0 Å². The molecule has 1 N–H and O–H groups in total. The first-order valence-electron chi connectivity index (χ1n) is 8.59. The number of nitrogens with one attached hydrogen (secondary N) is 1. The highest BCUT2D eigenvalue weighted by molar-refractivity contribution is 7.17. The van der Waals surface area contributed by atoms with E-state index in [1.54, 1.807) is 12.5 Å². The lowest BCUT2D eigenvalue weighted by Crippen LogP contribution is -2.25. The molecule has 4 aromatic rings. The van der Waals surface area contributed by atoms with Crippen LogP contribution in [0.15, 0.2) is 77.5 Å². The van der Waals surface area contributed by atoms with Crippen molar-refractivity contribution < 1.29 is 9.21 Å². The van der Waals surface area contributed by atoms with Crippen LogP contribution in [0.1, 0.15) is 15.4 Å². The fraction of sp³-hybridized carbons (Fsp3) is 0.0952. The van der Waals surface area contributed by atoms with Gasteiger partial charge < -0.3 is 9.73 Å². The van der Waals surface area contributed by atoms with Gasteiger partial charge in [0.25, 0.3) is 5.91 Å². The molecule has 0 aliphatic carbocycles. The Morgan fingerprint density at radius 1 is 1.04 bits per heavy atom. The van der Waals surface area contributed by atoms with Crippen molar-refractivity contribution in [2.24, 2.45) is 0 Å². The minimum atomic E-state index is -0.139. The van der Waals surface area contributed by atoms with E-state index in [0.717, 1.165) is 11.3 Å². The fourth-order valence-electron chi connectivity index (χ4n) is 2.70. The lowest BCUT2D eigenvalue weighted by atomic mass is 10.1. The molecule has 0 aliphatic rings. The van der Waals surface area contributed by atoms with Gasteiger partial charge in [-0.05, 0) is 24.3 Å². The van der Waals surface area contributed by atoms with Crippen molar-refractivity contribution in [2.75, 3.05) is 6.54 Å². The zero-order valence-electron chi connectivity index (χ0n) is 14.5. The molecule has 0 bridgehead atoms. The van der Waals surface area contributed by atoms with Crippen LogP contribution >= 0.6 is 11.3 Å². The Labute approximate surface area is 160 Å². The number of thiazole rings is 1. The molecule has 1 aromatic carbocycles. The summed E-state index contributed by atoms with van der Waals surface area (Å²) in [6.07, 6.45) is 4.03. The zero-order chi connectivity index (χ0) is 18.5. The van der Waals surface area contributed by atoms with E-state index in [1.807, 2.05) is 60.7 Å². The molecule has 134 valence electrons. The second-order valence-electron chi connectivity index (χ2n) is 5.87. The maximum atomic E-state index is 12.8. The number of rotatable bonds is 6. The second kappa shape index (κ2) is 7.97. The van der Waals surface area contributed by atoms with Gasteiger partial charge >= 0.3 is 0 Å². The lowest BCUT2D eigenvalue weighted by Gasteiger charge is -2.05. The summed E-state index contributed by atoms with van der Waals surface area (Å²) in [7, 11) is 0. The van der Waals surface area contributed by atoms with Gasteiger partial charge in [0, 0.05) is 30.4 Å². The quantitative estimate of drug-likeness (QED) is 0.541. The van der Waals surface area contributed by atoms with Crippen LogP contribution in [0.4, 0.5) is 0 Å². The van der Waals surface area contributed by atoms with E-state index in [9.17, 15) is 4.79 Å². The van der Waals surface area contributed by atoms with Crippen molar-refractivity contribution >= 4 is 17.2 Å². The third-order valence-electron chi connectivity index (χ3n) is 4.01. The predicted molar refractivity (Wildman–Crippen MR) is 106 cm³/mol. The fourth-order valence-corrected chi connectivity index (χ4v) is 3.67. The van der Waals surface area contributed by atoms with E-state index in [-0.39, 0.29) is 5.91 Å². The highest BCUT2D eigenvalue weighted by atomic mass is 32.1. The Bertz CT molecular complexity index is 1010. The van der Waals surface area contributed by atoms with Crippen LogP contribution in [0.25, 0.3) is 22.0 Å². The summed E-state index contributed by atoms with van der Waals surface area (Å²) in [6.45, 7) is 0.512. The van der Waals surface area contributed by atoms with Crippen molar-refractivity contribution in [2.45, 2.75) is 6.42 Å². The van der Waals surface area contributed by atoms with Crippen molar-refractivity contribution in [1.29, 1.82) is 0 Å². The van der Waals surface area contributed by atoms with E-state index in [0.29, 0.717) is 34.3 Å². The van der Waals surface area contributed by atoms with Gasteiger partial charge in [-0.1, -0.05) is 36.4 Å². The molecule has 0 unspecified atom stereocenters.